The molecule has 0 aliphatic carbocycles. The fraction of sp³-hybridized carbons (Fsp3) is 0.520. The maximum Gasteiger partial charge on any atom is 0.412 e. The largest absolute Gasteiger partial charge is 0.444 e. The highest BCUT2D eigenvalue weighted by molar-refractivity contribution is 6.07. The van der Waals surface area contributed by atoms with Crippen molar-refractivity contribution in [2.45, 2.75) is 39.7 Å². The van der Waals surface area contributed by atoms with Gasteiger partial charge in [-0.05, 0) is 63.2 Å². The fourth-order valence-corrected chi connectivity index (χ4v) is 3.87. The highest BCUT2D eigenvalue weighted by atomic mass is 16.6. The van der Waals surface area contributed by atoms with Gasteiger partial charge in [0.2, 0.25) is 0 Å². The van der Waals surface area contributed by atoms with Crippen LogP contribution in [0.3, 0.4) is 0 Å². The Balaban J connectivity index is 1.62. The van der Waals surface area contributed by atoms with Crippen molar-refractivity contribution in [1.82, 2.24) is 15.1 Å². The Morgan fingerprint density at radius 3 is 2.25 bits per heavy atom. The third kappa shape index (κ3) is 6.93. The minimum Gasteiger partial charge on any atom is -0.444 e. The van der Waals surface area contributed by atoms with Crippen LogP contribution in [0.25, 0.3) is 10.8 Å². The molecule has 2 amide bonds. The molecule has 174 valence electrons. The van der Waals surface area contributed by atoms with Gasteiger partial charge in [0, 0.05) is 32.7 Å². The number of ether oxygens (including phenoxy) is 1. The van der Waals surface area contributed by atoms with Gasteiger partial charge in [-0.1, -0.05) is 31.2 Å². The summed E-state index contributed by atoms with van der Waals surface area (Å²) in [5.74, 6) is -0.197. The summed E-state index contributed by atoms with van der Waals surface area (Å²) in [5.41, 5.74) is 0.267. The Morgan fingerprint density at radius 2 is 1.62 bits per heavy atom. The lowest BCUT2D eigenvalue weighted by Crippen LogP contribution is -2.46. The molecule has 0 bridgehead atoms. The van der Waals surface area contributed by atoms with Crippen LogP contribution in [-0.4, -0.2) is 73.2 Å². The second-order valence-electron chi connectivity index (χ2n) is 9.26. The lowest BCUT2D eigenvalue weighted by molar-refractivity contribution is 0.0636. The number of carbonyl (C=O) groups excluding carboxylic acids is 2. The molecule has 1 aliphatic rings. The van der Waals surface area contributed by atoms with E-state index in [9.17, 15) is 9.59 Å². The Hall–Kier alpha value is -2.64. The number of piperazine rings is 1. The van der Waals surface area contributed by atoms with Gasteiger partial charge >= 0.3 is 6.09 Å². The van der Waals surface area contributed by atoms with E-state index >= 15 is 0 Å². The molecule has 0 aromatic heterocycles. The highest BCUT2D eigenvalue weighted by Gasteiger charge is 2.20. The van der Waals surface area contributed by atoms with E-state index < -0.39 is 11.7 Å². The smallest absolute Gasteiger partial charge is 0.412 e. The molecule has 0 spiro atoms. The first-order chi connectivity index (χ1) is 15.2. The molecule has 3 rings (SSSR count). The van der Waals surface area contributed by atoms with Gasteiger partial charge in [-0.2, -0.15) is 0 Å². The minimum atomic E-state index is -0.619. The van der Waals surface area contributed by atoms with E-state index in [2.05, 4.69) is 27.4 Å². The molecule has 32 heavy (non-hydrogen) atoms. The number of likely N-dealkylation sites (N-methyl/N-ethyl adjacent to an activating group) is 1. The van der Waals surface area contributed by atoms with Gasteiger partial charge in [0.25, 0.3) is 5.91 Å². The number of fused-ring (bicyclic) bond motifs is 1. The number of nitrogens with one attached hydrogen (secondary N) is 2. The van der Waals surface area contributed by atoms with Crippen LogP contribution in [0, 0.1) is 0 Å². The summed E-state index contributed by atoms with van der Waals surface area (Å²) in [6.07, 6.45) is 0.313. The fourth-order valence-electron chi connectivity index (χ4n) is 3.87. The normalized spacial score (nSPS) is 15.5. The van der Waals surface area contributed by atoms with Gasteiger partial charge < -0.3 is 19.9 Å². The first kappa shape index (κ1) is 24.0. The molecular weight excluding hydrogens is 404 g/mol. The molecule has 1 saturated heterocycles. The van der Waals surface area contributed by atoms with Crippen molar-refractivity contribution in [2.75, 3.05) is 51.1 Å². The predicted molar refractivity (Wildman–Crippen MR) is 129 cm³/mol. The van der Waals surface area contributed by atoms with E-state index in [1.807, 2.05) is 57.2 Å². The average molecular weight is 441 g/mol. The molecular formula is C25H36N4O3. The number of hydrogen-bond donors (Lipinski definition) is 2. The summed E-state index contributed by atoms with van der Waals surface area (Å²) in [6, 6.07) is 11.4. The van der Waals surface area contributed by atoms with Crippen LogP contribution in [0.15, 0.2) is 36.4 Å². The van der Waals surface area contributed by atoms with E-state index in [0.717, 1.165) is 56.5 Å². The zero-order valence-corrected chi connectivity index (χ0v) is 19.7. The summed E-state index contributed by atoms with van der Waals surface area (Å²) in [6.45, 7) is 14.7. The summed E-state index contributed by atoms with van der Waals surface area (Å²) >= 11 is 0. The summed E-state index contributed by atoms with van der Waals surface area (Å²) in [7, 11) is 0. The van der Waals surface area contributed by atoms with Gasteiger partial charge in [0.05, 0.1) is 11.3 Å². The van der Waals surface area contributed by atoms with Gasteiger partial charge in [0.15, 0.2) is 0 Å². The van der Waals surface area contributed by atoms with E-state index in [-0.39, 0.29) is 5.91 Å². The second kappa shape index (κ2) is 10.8. The summed E-state index contributed by atoms with van der Waals surface area (Å²) in [5, 5.41) is 7.67. The third-order valence-electron chi connectivity index (χ3n) is 5.61. The number of anilines is 1. The number of rotatable bonds is 7. The number of benzene rings is 2. The molecule has 0 saturated carbocycles. The van der Waals surface area contributed by atoms with Crippen LogP contribution in [0.4, 0.5) is 10.5 Å². The number of hydrogen-bond acceptors (Lipinski definition) is 5. The predicted octanol–water partition coefficient (Wildman–Crippen LogP) is 3.94. The Morgan fingerprint density at radius 1 is 1.00 bits per heavy atom. The molecule has 1 heterocycles. The Bertz CT molecular complexity index is 930. The van der Waals surface area contributed by atoms with E-state index in [1.54, 1.807) is 0 Å². The van der Waals surface area contributed by atoms with Crippen molar-refractivity contribution >= 4 is 28.5 Å². The summed E-state index contributed by atoms with van der Waals surface area (Å²) in [4.78, 5) is 30.2. The molecule has 2 aromatic carbocycles. The Labute approximate surface area is 191 Å². The zero-order chi connectivity index (χ0) is 23.1. The monoisotopic (exact) mass is 440 g/mol. The van der Waals surface area contributed by atoms with Crippen molar-refractivity contribution in [1.29, 1.82) is 0 Å². The molecule has 0 radical (unpaired) electrons. The maximum atomic E-state index is 13.0. The lowest BCUT2D eigenvalue weighted by atomic mass is 10.0. The number of amides is 2. The third-order valence-corrected chi connectivity index (χ3v) is 5.61. The second-order valence-corrected chi connectivity index (χ2v) is 9.26. The molecule has 1 aliphatic heterocycles. The quantitative estimate of drug-likeness (QED) is 0.638. The molecule has 2 N–H and O–H groups in total. The molecule has 2 aromatic rings. The van der Waals surface area contributed by atoms with Crippen LogP contribution in [-0.2, 0) is 4.74 Å². The van der Waals surface area contributed by atoms with Crippen molar-refractivity contribution in [2.24, 2.45) is 0 Å². The molecule has 0 atom stereocenters. The molecule has 0 unspecified atom stereocenters. The maximum absolute atomic E-state index is 13.0. The van der Waals surface area contributed by atoms with Crippen LogP contribution < -0.4 is 10.6 Å². The van der Waals surface area contributed by atoms with Gasteiger partial charge in [0.1, 0.15) is 5.60 Å². The van der Waals surface area contributed by atoms with Gasteiger partial charge in [-0.15, -0.1) is 0 Å². The van der Waals surface area contributed by atoms with Crippen molar-refractivity contribution in [3.05, 3.63) is 42.0 Å². The van der Waals surface area contributed by atoms with E-state index in [4.69, 9.17) is 4.74 Å². The molecule has 7 heteroatoms. The standard InChI is InChI=1S/C25H36N4O3/c1-5-28-13-15-29(16-14-28)12-8-11-26-23(30)21-17-19-9-6-7-10-20(19)18-22(21)27-24(31)32-25(2,3)4/h6-7,9-10,17-18H,5,8,11-16H2,1-4H3,(H,26,30)(H,27,31). The minimum absolute atomic E-state index is 0.197. The SMILES string of the molecule is CCN1CCN(CCCNC(=O)c2cc3ccccc3cc2NC(=O)OC(C)(C)C)CC1. The van der Waals surface area contributed by atoms with Crippen LogP contribution >= 0.6 is 0 Å². The average Bonchev–Trinajstić information content (AvgIpc) is 2.75. The number of nitrogens with zero attached hydrogens (tertiary/aromatic N) is 2. The van der Waals surface area contributed by atoms with Crippen molar-refractivity contribution < 1.29 is 14.3 Å². The first-order valence-electron chi connectivity index (χ1n) is 11.5. The van der Waals surface area contributed by atoms with Gasteiger partial charge in [-0.25, -0.2) is 4.79 Å². The van der Waals surface area contributed by atoms with E-state index in [1.165, 1.54) is 0 Å². The van der Waals surface area contributed by atoms with Gasteiger partial charge in [-0.3, -0.25) is 10.1 Å². The van der Waals surface area contributed by atoms with Crippen LogP contribution in [0.5, 0.6) is 0 Å². The summed E-state index contributed by atoms with van der Waals surface area (Å²) < 4.78 is 5.38. The molecule has 1 fully saturated rings. The topological polar surface area (TPSA) is 73.9 Å². The Kier molecular flexibility index (Phi) is 8.10. The lowest BCUT2D eigenvalue weighted by Gasteiger charge is -2.33. The molecule has 7 nitrogen and oxygen atoms in total. The van der Waals surface area contributed by atoms with Crippen molar-refractivity contribution in [3.8, 4) is 0 Å². The zero-order valence-electron chi connectivity index (χ0n) is 19.7. The first-order valence-corrected chi connectivity index (χ1v) is 11.5. The highest BCUT2D eigenvalue weighted by Crippen LogP contribution is 2.25. The van der Waals surface area contributed by atoms with Crippen LogP contribution in [0.2, 0.25) is 0 Å². The number of carbonyl (C=O) groups is 2. The van der Waals surface area contributed by atoms with E-state index in [0.29, 0.717) is 17.8 Å². The van der Waals surface area contributed by atoms with Crippen LogP contribution in [0.1, 0.15) is 44.5 Å². The van der Waals surface area contributed by atoms with Crippen molar-refractivity contribution in [3.63, 3.8) is 0 Å².